The van der Waals surface area contributed by atoms with E-state index in [0.29, 0.717) is 12.0 Å². The van der Waals surface area contributed by atoms with Crippen LogP contribution < -0.4 is 5.32 Å². The molecule has 1 fully saturated rings. The van der Waals surface area contributed by atoms with E-state index >= 15 is 0 Å². The van der Waals surface area contributed by atoms with Crippen LogP contribution in [-0.2, 0) is 19.4 Å². The van der Waals surface area contributed by atoms with E-state index in [-0.39, 0.29) is 0 Å². The van der Waals surface area contributed by atoms with Crippen molar-refractivity contribution in [3.05, 3.63) is 47.4 Å². The molecule has 1 aromatic carbocycles. The summed E-state index contributed by atoms with van der Waals surface area (Å²) in [6.45, 7) is 5.04. The summed E-state index contributed by atoms with van der Waals surface area (Å²) in [7, 11) is 0. The molecule has 3 heterocycles. The third-order valence-electron chi connectivity index (χ3n) is 5.72. The van der Waals surface area contributed by atoms with Gasteiger partial charge in [0.2, 0.25) is 0 Å². The summed E-state index contributed by atoms with van der Waals surface area (Å²) < 4.78 is 4.02. The molecule has 0 bridgehead atoms. The summed E-state index contributed by atoms with van der Waals surface area (Å²) in [4.78, 5) is 4.67. The van der Waals surface area contributed by atoms with Gasteiger partial charge in [-0.1, -0.05) is 29.5 Å². The third-order valence-corrected chi connectivity index (χ3v) is 5.72. The minimum atomic E-state index is 0.297. The monoisotopic (exact) mass is 363 g/mol. The maximum absolute atomic E-state index is 4.70. The second-order valence-electron chi connectivity index (χ2n) is 7.80. The highest BCUT2D eigenvalue weighted by Gasteiger charge is 2.27. The molecule has 7 heteroatoms. The Morgan fingerprint density at radius 1 is 1.19 bits per heavy atom. The average molecular weight is 363 g/mol. The van der Waals surface area contributed by atoms with Crippen molar-refractivity contribution in [2.45, 2.75) is 45.2 Å². The highest BCUT2D eigenvalue weighted by atomic mass is 15.4. The van der Waals surface area contributed by atoms with Gasteiger partial charge in [0.25, 0.3) is 0 Å². The molecule has 2 aliphatic rings. The van der Waals surface area contributed by atoms with Crippen LogP contribution in [-0.4, -0.2) is 42.8 Å². The minimum Gasteiger partial charge on any atom is -0.316 e. The Balaban J connectivity index is 1.39. The number of nitrogens with one attached hydrogen (secondary N) is 1. The van der Waals surface area contributed by atoms with Crippen molar-refractivity contribution in [2.75, 3.05) is 13.1 Å². The number of hydrogen-bond acceptors (Lipinski definition) is 5. The van der Waals surface area contributed by atoms with E-state index in [4.69, 9.17) is 5.10 Å². The van der Waals surface area contributed by atoms with Crippen LogP contribution in [0.15, 0.2) is 30.5 Å². The molecule has 0 radical (unpaired) electrons. The molecular weight excluding hydrogens is 338 g/mol. The Bertz CT molecular complexity index is 910. The largest absolute Gasteiger partial charge is 0.316 e. The summed E-state index contributed by atoms with van der Waals surface area (Å²) in [6, 6.07) is 8.95. The van der Waals surface area contributed by atoms with Crippen molar-refractivity contribution in [1.82, 2.24) is 35.1 Å². The number of rotatable bonds is 4. The lowest BCUT2D eigenvalue weighted by atomic mass is 10.00. The van der Waals surface area contributed by atoms with E-state index in [2.05, 4.69) is 49.6 Å². The molecule has 1 saturated heterocycles. The van der Waals surface area contributed by atoms with Crippen LogP contribution in [0.1, 0.15) is 35.8 Å². The molecule has 0 unspecified atom stereocenters. The van der Waals surface area contributed by atoms with Gasteiger partial charge >= 0.3 is 0 Å². The van der Waals surface area contributed by atoms with E-state index in [1.807, 2.05) is 17.8 Å². The fourth-order valence-electron chi connectivity index (χ4n) is 4.40. The fourth-order valence-corrected chi connectivity index (χ4v) is 4.40. The average Bonchev–Trinajstić information content (AvgIpc) is 3.40. The topological polar surface area (TPSA) is 73.5 Å². The molecule has 7 nitrogen and oxygen atoms in total. The Labute approximate surface area is 158 Å². The van der Waals surface area contributed by atoms with Gasteiger partial charge in [0.15, 0.2) is 5.82 Å². The number of hydrogen-bond donors (Lipinski definition) is 1. The van der Waals surface area contributed by atoms with E-state index in [1.165, 1.54) is 24.0 Å². The second kappa shape index (κ2) is 6.88. The van der Waals surface area contributed by atoms with Gasteiger partial charge in [-0.2, -0.15) is 5.10 Å². The molecule has 0 amide bonds. The van der Waals surface area contributed by atoms with E-state index in [0.717, 1.165) is 49.8 Å². The zero-order valence-corrected chi connectivity index (χ0v) is 15.7. The lowest BCUT2D eigenvalue weighted by Crippen LogP contribution is -2.32. The summed E-state index contributed by atoms with van der Waals surface area (Å²) in [5.74, 6) is 2.24. The second-order valence-corrected chi connectivity index (χ2v) is 7.80. The van der Waals surface area contributed by atoms with Crippen molar-refractivity contribution in [2.24, 2.45) is 5.92 Å². The number of aryl methyl sites for hydroxylation is 1. The standard InChI is InChI=1S/C20H25N7/c1-14-22-20(19-13-26(25-23-19)12-15-5-4-8-21-11-15)27(24-14)18-9-16-6-2-3-7-17(16)10-18/h2-3,6-7,13,15,18,21H,4-5,8-12H2,1H3/t15-/m1/s1. The number of fused-ring (bicyclic) bond motifs is 1. The lowest BCUT2D eigenvalue weighted by molar-refractivity contribution is 0.322. The highest BCUT2D eigenvalue weighted by molar-refractivity contribution is 5.48. The van der Waals surface area contributed by atoms with E-state index in [1.54, 1.807) is 0 Å². The third kappa shape index (κ3) is 3.27. The first kappa shape index (κ1) is 16.6. The Morgan fingerprint density at radius 2 is 2.00 bits per heavy atom. The Morgan fingerprint density at radius 3 is 2.74 bits per heavy atom. The summed E-state index contributed by atoms with van der Waals surface area (Å²) >= 11 is 0. The molecular formula is C20H25N7. The highest BCUT2D eigenvalue weighted by Crippen LogP contribution is 2.32. The van der Waals surface area contributed by atoms with Crippen LogP contribution in [0, 0.1) is 12.8 Å². The van der Waals surface area contributed by atoms with Crippen molar-refractivity contribution >= 4 is 0 Å². The van der Waals surface area contributed by atoms with Crippen LogP contribution >= 0.6 is 0 Å². The van der Waals surface area contributed by atoms with Gasteiger partial charge in [-0.25, -0.2) is 9.67 Å². The predicted molar refractivity (Wildman–Crippen MR) is 102 cm³/mol. The quantitative estimate of drug-likeness (QED) is 0.769. The predicted octanol–water partition coefficient (Wildman–Crippen LogP) is 2.18. The van der Waals surface area contributed by atoms with E-state index in [9.17, 15) is 0 Å². The molecule has 1 aliphatic heterocycles. The van der Waals surface area contributed by atoms with Crippen molar-refractivity contribution < 1.29 is 0 Å². The molecule has 1 N–H and O–H groups in total. The first-order valence-electron chi connectivity index (χ1n) is 9.87. The smallest absolute Gasteiger partial charge is 0.180 e. The van der Waals surface area contributed by atoms with Gasteiger partial charge in [0.05, 0.1) is 12.2 Å². The van der Waals surface area contributed by atoms with Crippen LogP contribution in [0.3, 0.4) is 0 Å². The number of piperidine rings is 1. The minimum absolute atomic E-state index is 0.297. The van der Waals surface area contributed by atoms with Gasteiger partial charge in [-0.05, 0) is 62.7 Å². The van der Waals surface area contributed by atoms with Crippen molar-refractivity contribution in [3.8, 4) is 11.5 Å². The van der Waals surface area contributed by atoms with Crippen LogP contribution in [0.25, 0.3) is 11.5 Å². The first-order chi connectivity index (χ1) is 13.3. The maximum atomic E-state index is 4.70. The first-order valence-corrected chi connectivity index (χ1v) is 9.87. The van der Waals surface area contributed by atoms with Crippen molar-refractivity contribution in [3.63, 3.8) is 0 Å². The van der Waals surface area contributed by atoms with Gasteiger partial charge in [-0.3, -0.25) is 4.68 Å². The Kier molecular flexibility index (Phi) is 4.24. The normalized spacial score (nSPS) is 20.1. The fraction of sp³-hybridized carbons (Fsp3) is 0.500. The molecule has 5 rings (SSSR count). The van der Waals surface area contributed by atoms with Crippen molar-refractivity contribution in [1.29, 1.82) is 0 Å². The summed E-state index contributed by atoms with van der Waals surface area (Å²) in [5, 5.41) is 16.9. The van der Waals surface area contributed by atoms with Gasteiger partial charge in [0.1, 0.15) is 11.5 Å². The molecule has 0 saturated carbocycles. The molecule has 27 heavy (non-hydrogen) atoms. The zero-order valence-electron chi connectivity index (χ0n) is 15.7. The zero-order chi connectivity index (χ0) is 18.2. The van der Waals surface area contributed by atoms with Gasteiger partial charge in [0, 0.05) is 6.54 Å². The molecule has 2 aromatic heterocycles. The molecule has 1 aliphatic carbocycles. The summed E-state index contributed by atoms with van der Waals surface area (Å²) in [5.41, 5.74) is 3.64. The number of nitrogens with zero attached hydrogens (tertiary/aromatic N) is 6. The number of aromatic nitrogens is 6. The van der Waals surface area contributed by atoms with Crippen LogP contribution in [0.4, 0.5) is 0 Å². The van der Waals surface area contributed by atoms with Crippen LogP contribution in [0.2, 0.25) is 0 Å². The Hall–Kier alpha value is -2.54. The molecule has 1 atom stereocenters. The van der Waals surface area contributed by atoms with Crippen LogP contribution in [0.5, 0.6) is 0 Å². The van der Waals surface area contributed by atoms with Gasteiger partial charge in [-0.15, -0.1) is 5.10 Å². The molecule has 140 valence electrons. The molecule has 3 aromatic rings. The molecule has 0 spiro atoms. The maximum Gasteiger partial charge on any atom is 0.180 e. The summed E-state index contributed by atoms with van der Waals surface area (Å²) in [6.07, 6.45) is 6.50. The van der Waals surface area contributed by atoms with Gasteiger partial charge < -0.3 is 5.32 Å². The lowest BCUT2D eigenvalue weighted by Gasteiger charge is -2.22. The SMILES string of the molecule is Cc1nc(-c2cn(C[C@@H]3CCCNC3)nn2)n(C2Cc3ccccc3C2)n1. The van der Waals surface area contributed by atoms with E-state index < -0.39 is 0 Å². The number of benzene rings is 1.